The average Bonchev–Trinajstić information content (AvgIpc) is 3.09. The van der Waals surface area contributed by atoms with Crippen LogP contribution in [-0.2, 0) is 14.3 Å². The van der Waals surface area contributed by atoms with Gasteiger partial charge in [0.05, 0.1) is 25.8 Å². The van der Waals surface area contributed by atoms with Crippen molar-refractivity contribution in [2.45, 2.75) is 25.0 Å². The van der Waals surface area contributed by atoms with Gasteiger partial charge < -0.3 is 19.7 Å². The summed E-state index contributed by atoms with van der Waals surface area (Å²) in [5, 5.41) is 3.22. The number of amides is 1. The normalized spacial score (nSPS) is 24.8. The number of morpholine rings is 1. The number of rotatable bonds is 5. The van der Waals surface area contributed by atoms with Crippen molar-refractivity contribution in [1.29, 1.82) is 0 Å². The quantitative estimate of drug-likeness (QED) is 0.847. The minimum absolute atomic E-state index is 0.0681. The number of ether oxygens (including phenoxy) is 2. The Labute approximate surface area is 145 Å². The maximum absolute atomic E-state index is 12.4. The van der Waals surface area contributed by atoms with Crippen LogP contribution >= 0.6 is 15.9 Å². The van der Waals surface area contributed by atoms with Gasteiger partial charge in [0.2, 0.25) is 5.91 Å². The molecule has 0 unspecified atom stereocenters. The Bertz CT molecular complexity index is 534. The van der Waals surface area contributed by atoms with Crippen molar-refractivity contribution in [1.82, 2.24) is 10.2 Å². The van der Waals surface area contributed by atoms with E-state index < -0.39 is 0 Å². The third-order valence-corrected chi connectivity index (χ3v) is 5.07. The molecule has 0 spiro atoms. The van der Waals surface area contributed by atoms with Crippen LogP contribution in [0, 0.1) is 0 Å². The SMILES string of the molecule is O=C(CNC[C@H]1CCCO1)N1CCO[C@H](c2ccccc2Br)C1. The summed E-state index contributed by atoms with van der Waals surface area (Å²) in [6, 6.07) is 8.02. The van der Waals surface area contributed by atoms with Gasteiger partial charge in [-0.25, -0.2) is 0 Å². The van der Waals surface area contributed by atoms with Crippen molar-refractivity contribution >= 4 is 21.8 Å². The first kappa shape index (κ1) is 16.9. The molecule has 1 amide bonds. The molecule has 0 aliphatic carbocycles. The van der Waals surface area contributed by atoms with E-state index in [0.717, 1.165) is 36.0 Å². The summed E-state index contributed by atoms with van der Waals surface area (Å²) in [7, 11) is 0. The average molecular weight is 383 g/mol. The van der Waals surface area contributed by atoms with Crippen LogP contribution in [0.5, 0.6) is 0 Å². The van der Waals surface area contributed by atoms with Crippen LogP contribution in [0.2, 0.25) is 0 Å². The van der Waals surface area contributed by atoms with Crippen LogP contribution in [0.4, 0.5) is 0 Å². The van der Waals surface area contributed by atoms with Crippen LogP contribution in [-0.4, -0.2) is 56.3 Å². The second-order valence-electron chi connectivity index (χ2n) is 5.99. The number of nitrogens with one attached hydrogen (secondary N) is 1. The second-order valence-corrected chi connectivity index (χ2v) is 6.84. The van der Waals surface area contributed by atoms with Gasteiger partial charge in [-0.05, 0) is 24.5 Å². The van der Waals surface area contributed by atoms with Gasteiger partial charge in [-0.2, -0.15) is 0 Å². The Balaban J connectivity index is 1.49. The van der Waals surface area contributed by atoms with E-state index >= 15 is 0 Å². The first-order valence-electron chi connectivity index (χ1n) is 8.20. The highest BCUT2D eigenvalue weighted by molar-refractivity contribution is 9.10. The lowest BCUT2D eigenvalue weighted by Gasteiger charge is -2.33. The van der Waals surface area contributed by atoms with Gasteiger partial charge in [-0.15, -0.1) is 0 Å². The lowest BCUT2D eigenvalue weighted by atomic mass is 10.1. The van der Waals surface area contributed by atoms with Gasteiger partial charge >= 0.3 is 0 Å². The van der Waals surface area contributed by atoms with E-state index in [-0.39, 0.29) is 18.1 Å². The van der Waals surface area contributed by atoms with E-state index in [1.165, 1.54) is 0 Å². The number of hydrogen-bond acceptors (Lipinski definition) is 4. The third kappa shape index (κ3) is 4.53. The zero-order chi connectivity index (χ0) is 16.1. The summed E-state index contributed by atoms with van der Waals surface area (Å²) in [6.07, 6.45) is 2.40. The zero-order valence-corrected chi connectivity index (χ0v) is 14.8. The molecule has 1 aromatic carbocycles. The van der Waals surface area contributed by atoms with E-state index in [2.05, 4.69) is 21.2 Å². The maximum atomic E-state index is 12.4. The van der Waals surface area contributed by atoms with Crippen LogP contribution in [0.25, 0.3) is 0 Å². The topological polar surface area (TPSA) is 50.8 Å². The summed E-state index contributed by atoms with van der Waals surface area (Å²) in [4.78, 5) is 14.3. The highest BCUT2D eigenvalue weighted by atomic mass is 79.9. The lowest BCUT2D eigenvalue weighted by Crippen LogP contribution is -2.46. The number of hydrogen-bond donors (Lipinski definition) is 1. The van der Waals surface area contributed by atoms with Crippen LogP contribution in [0.1, 0.15) is 24.5 Å². The zero-order valence-electron chi connectivity index (χ0n) is 13.2. The van der Waals surface area contributed by atoms with Gasteiger partial charge in [-0.1, -0.05) is 34.1 Å². The lowest BCUT2D eigenvalue weighted by molar-refractivity contribution is -0.138. The minimum Gasteiger partial charge on any atom is -0.377 e. The Morgan fingerprint density at radius 3 is 2.96 bits per heavy atom. The number of nitrogens with zero attached hydrogens (tertiary/aromatic N) is 1. The van der Waals surface area contributed by atoms with E-state index in [9.17, 15) is 4.79 Å². The fraction of sp³-hybridized carbons (Fsp3) is 0.588. The molecule has 2 atom stereocenters. The van der Waals surface area contributed by atoms with Crippen molar-refractivity contribution in [2.75, 3.05) is 39.4 Å². The largest absolute Gasteiger partial charge is 0.377 e. The number of carbonyl (C=O) groups excluding carboxylic acids is 1. The van der Waals surface area contributed by atoms with Crippen molar-refractivity contribution in [3.8, 4) is 0 Å². The highest BCUT2D eigenvalue weighted by Crippen LogP contribution is 2.28. The van der Waals surface area contributed by atoms with E-state index in [4.69, 9.17) is 9.47 Å². The molecule has 2 fully saturated rings. The predicted octanol–water partition coefficient (Wildman–Crippen LogP) is 2.12. The van der Waals surface area contributed by atoms with Gasteiger partial charge in [-0.3, -0.25) is 4.79 Å². The summed E-state index contributed by atoms with van der Waals surface area (Å²) < 4.78 is 12.4. The molecule has 1 N–H and O–H groups in total. The van der Waals surface area contributed by atoms with Crippen molar-refractivity contribution in [2.24, 2.45) is 0 Å². The molecular formula is C17H23BrN2O3. The molecule has 0 aromatic heterocycles. The summed E-state index contributed by atoms with van der Waals surface area (Å²) in [6.45, 7) is 3.79. The maximum Gasteiger partial charge on any atom is 0.236 e. The summed E-state index contributed by atoms with van der Waals surface area (Å²) in [5.41, 5.74) is 1.09. The Morgan fingerprint density at radius 1 is 1.30 bits per heavy atom. The third-order valence-electron chi connectivity index (χ3n) is 4.34. The van der Waals surface area contributed by atoms with Gasteiger partial charge in [0.25, 0.3) is 0 Å². The first-order chi connectivity index (χ1) is 11.2. The number of carbonyl (C=O) groups is 1. The standard InChI is InChI=1S/C17H23BrN2O3/c18-15-6-2-1-5-14(15)16-12-20(7-9-23-16)17(21)11-19-10-13-4-3-8-22-13/h1-2,5-6,13,16,19H,3-4,7-12H2/t13-,16+/m1/s1. The van der Waals surface area contributed by atoms with Crippen LogP contribution in [0.3, 0.4) is 0 Å². The van der Waals surface area contributed by atoms with Crippen LogP contribution in [0.15, 0.2) is 28.7 Å². The first-order valence-corrected chi connectivity index (χ1v) is 8.99. The van der Waals surface area contributed by atoms with Crippen molar-refractivity contribution < 1.29 is 14.3 Å². The molecular weight excluding hydrogens is 360 g/mol. The summed E-state index contributed by atoms with van der Waals surface area (Å²) >= 11 is 3.56. The molecule has 5 nitrogen and oxygen atoms in total. The van der Waals surface area contributed by atoms with Gasteiger partial charge in [0.15, 0.2) is 0 Å². The molecule has 2 aliphatic rings. The molecule has 0 bridgehead atoms. The molecule has 2 saturated heterocycles. The molecule has 1 aromatic rings. The van der Waals surface area contributed by atoms with E-state index in [1.54, 1.807) is 0 Å². The fourth-order valence-corrected chi connectivity index (χ4v) is 3.60. The van der Waals surface area contributed by atoms with Crippen molar-refractivity contribution in [3.63, 3.8) is 0 Å². The molecule has 126 valence electrons. The monoisotopic (exact) mass is 382 g/mol. The summed E-state index contributed by atoms with van der Waals surface area (Å²) in [5.74, 6) is 0.128. The van der Waals surface area contributed by atoms with Crippen LogP contribution < -0.4 is 5.32 Å². The molecule has 2 heterocycles. The fourth-order valence-electron chi connectivity index (χ4n) is 3.06. The number of halogens is 1. The van der Waals surface area contributed by atoms with Gasteiger partial charge in [0, 0.05) is 24.2 Å². The molecule has 6 heteroatoms. The molecule has 0 radical (unpaired) electrons. The Hall–Kier alpha value is -0.950. The molecule has 0 saturated carbocycles. The molecule has 23 heavy (non-hydrogen) atoms. The van der Waals surface area contributed by atoms with E-state index in [1.807, 2.05) is 29.2 Å². The van der Waals surface area contributed by atoms with Crippen molar-refractivity contribution in [3.05, 3.63) is 34.3 Å². The Morgan fingerprint density at radius 2 is 2.17 bits per heavy atom. The second kappa shape index (κ2) is 8.24. The Kier molecular flexibility index (Phi) is 6.05. The number of benzene rings is 1. The smallest absolute Gasteiger partial charge is 0.236 e. The predicted molar refractivity (Wildman–Crippen MR) is 91.3 cm³/mol. The molecule has 3 rings (SSSR count). The van der Waals surface area contributed by atoms with E-state index in [0.29, 0.717) is 26.2 Å². The van der Waals surface area contributed by atoms with Gasteiger partial charge in [0.1, 0.15) is 6.10 Å². The highest BCUT2D eigenvalue weighted by Gasteiger charge is 2.26. The molecule has 2 aliphatic heterocycles. The minimum atomic E-state index is -0.0681.